The average Bonchev–Trinajstić information content (AvgIpc) is 0.736. The largest absolute Gasteiger partial charge is 0.0616 e. The summed E-state index contributed by atoms with van der Waals surface area (Å²) in [7, 11) is 0. The number of hydrogen-bond acceptors (Lipinski definition) is 0. The maximum Gasteiger partial charge on any atom is -0.00201 e. The monoisotopic (exact) mass is 1370 g/mol. The van der Waals surface area contributed by atoms with E-state index in [9.17, 15) is 0 Å². The molecule has 0 aliphatic rings. The van der Waals surface area contributed by atoms with Crippen molar-refractivity contribution in [3.8, 4) is 77.9 Å². The van der Waals surface area contributed by atoms with Crippen LogP contribution in [0.4, 0.5) is 0 Å². The molecule has 0 aliphatic heterocycles. The zero-order valence-corrected chi connectivity index (χ0v) is 59.4. The van der Waals surface area contributed by atoms with Crippen molar-refractivity contribution in [2.24, 2.45) is 0 Å². The molecule has 22 rings (SSSR count). The van der Waals surface area contributed by atoms with Gasteiger partial charge in [-0.1, -0.05) is 400 Å². The molecule has 0 nitrogen and oxygen atoms in total. The van der Waals surface area contributed by atoms with Crippen LogP contribution in [0, 0.1) is 0 Å². The summed E-state index contributed by atoms with van der Waals surface area (Å²) in [5, 5.41) is 30.7. The highest BCUT2D eigenvalue weighted by Gasteiger charge is 2.22. The van der Waals surface area contributed by atoms with E-state index >= 15 is 0 Å². The maximum absolute atomic E-state index is 2.34. The molecule has 0 unspecified atom stereocenters. The maximum atomic E-state index is 2.34. The Hall–Kier alpha value is -14.0. The van der Waals surface area contributed by atoms with Gasteiger partial charge in [0, 0.05) is 0 Å². The minimum absolute atomic E-state index is 1.24. The SMILES string of the molecule is c1ccc2cc(-c3c4ccccc4c(-c4ccc(-c5cccc6ccccc56)cc4)c4ccccc34)ccc2c1.c1ccc2cc(-c3c4ccccc4c(-c4ccc5ccccc5c4)c4ccccc34)ccc2c1.c1ccc2cc(-c3c4ccccc4c(-c4cccc5ccccc45)c4ccccc34)ccc2c1. The fraction of sp³-hybridized carbons (Fsp3) is 0. The van der Waals surface area contributed by atoms with Gasteiger partial charge in [-0.05, 0) is 231 Å². The Morgan fingerprint density at radius 3 is 0.565 bits per heavy atom. The first-order valence-corrected chi connectivity index (χ1v) is 37.4. The number of benzene rings is 22. The van der Waals surface area contributed by atoms with E-state index in [0.29, 0.717) is 0 Å². The first-order valence-electron chi connectivity index (χ1n) is 37.4. The molecule has 0 saturated heterocycles. The van der Waals surface area contributed by atoms with Crippen molar-refractivity contribution in [1.82, 2.24) is 0 Å². The summed E-state index contributed by atoms with van der Waals surface area (Å²) in [6.07, 6.45) is 0. The van der Waals surface area contributed by atoms with Crippen LogP contribution in [0.25, 0.3) is 207 Å². The predicted octanol–water partition coefficient (Wildman–Crippen LogP) is 30.6. The van der Waals surface area contributed by atoms with Gasteiger partial charge in [0.15, 0.2) is 0 Å². The van der Waals surface area contributed by atoms with E-state index in [2.05, 4.69) is 425 Å². The summed E-state index contributed by atoms with van der Waals surface area (Å²) in [5.41, 5.74) is 17.9. The Balaban J connectivity index is 0.000000107. The van der Waals surface area contributed by atoms with Crippen molar-refractivity contribution < 1.29 is 0 Å². The molecular formula is C108H70. The second kappa shape index (κ2) is 27.2. The van der Waals surface area contributed by atoms with Gasteiger partial charge in [-0.15, -0.1) is 0 Å². The van der Waals surface area contributed by atoms with Gasteiger partial charge < -0.3 is 0 Å². The molecule has 0 N–H and O–H groups in total. The molecule has 0 fully saturated rings. The van der Waals surface area contributed by atoms with Crippen LogP contribution in [0.15, 0.2) is 425 Å². The molecule has 0 spiro atoms. The third kappa shape index (κ3) is 11.3. The first-order chi connectivity index (χ1) is 53.6. The van der Waals surface area contributed by atoms with Crippen molar-refractivity contribution in [3.05, 3.63) is 425 Å². The zero-order valence-electron chi connectivity index (χ0n) is 59.4. The van der Waals surface area contributed by atoms with Gasteiger partial charge in [-0.2, -0.15) is 0 Å². The topological polar surface area (TPSA) is 0 Å². The van der Waals surface area contributed by atoms with E-state index in [1.54, 1.807) is 0 Å². The molecule has 22 aromatic carbocycles. The molecule has 0 bridgehead atoms. The first kappa shape index (κ1) is 63.6. The van der Waals surface area contributed by atoms with Crippen molar-refractivity contribution in [1.29, 1.82) is 0 Å². The smallest absolute Gasteiger partial charge is 0.00201 e. The summed E-state index contributed by atoms with van der Waals surface area (Å²) in [5.74, 6) is 0. The summed E-state index contributed by atoms with van der Waals surface area (Å²) in [4.78, 5) is 0. The average molecular weight is 1370 g/mol. The Kier molecular flexibility index (Phi) is 16.0. The van der Waals surface area contributed by atoms with E-state index in [4.69, 9.17) is 0 Å². The van der Waals surface area contributed by atoms with Crippen molar-refractivity contribution in [3.63, 3.8) is 0 Å². The minimum Gasteiger partial charge on any atom is -0.0616 e. The Labute approximate surface area is 627 Å². The van der Waals surface area contributed by atoms with E-state index in [0.717, 1.165) is 0 Å². The minimum atomic E-state index is 1.24. The van der Waals surface area contributed by atoms with Crippen LogP contribution in [-0.4, -0.2) is 0 Å². The second-order valence-electron chi connectivity index (χ2n) is 28.4. The van der Waals surface area contributed by atoms with Gasteiger partial charge in [0.05, 0.1) is 0 Å². The molecular weight excluding hydrogens is 1300 g/mol. The van der Waals surface area contributed by atoms with Crippen molar-refractivity contribution in [2.75, 3.05) is 0 Å². The van der Waals surface area contributed by atoms with Crippen LogP contribution in [-0.2, 0) is 0 Å². The van der Waals surface area contributed by atoms with Crippen LogP contribution in [0.3, 0.4) is 0 Å². The number of hydrogen-bond donors (Lipinski definition) is 0. The van der Waals surface area contributed by atoms with E-state index in [1.807, 2.05) is 0 Å². The highest BCUT2D eigenvalue weighted by molar-refractivity contribution is 6.26. The molecule has 0 aliphatic carbocycles. The molecule has 22 aromatic rings. The van der Waals surface area contributed by atoms with Gasteiger partial charge in [0.1, 0.15) is 0 Å². The molecule has 0 atom stereocenters. The summed E-state index contributed by atoms with van der Waals surface area (Å²) >= 11 is 0. The summed E-state index contributed by atoms with van der Waals surface area (Å²) in [6, 6.07) is 155. The lowest BCUT2D eigenvalue weighted by atomic mass is 9.84. The third-order valence-corrected chi connectivity index (χ3v) is 22.3. The van der Waals surface area contributed by atoms with E-state index in [-0.39, 0.29) is 0 Å². The lowest BCUT2D eigenvalue weighted by molar-refractivity contribution is 1.63. The van der Waals surface area contributed by atoms with E-state index in [1.165, 1.54) is 207 Å². The number of rotatable bonds is 7. The van der Waals surface area contributed by atoms with Crippen LogP contribution >= 0.6 is 0 Å². The van der Waals surface area contributed by atoms with Gasteiger partial charge in [0.2, 0.25) is 0 Å². The van der Waals surface area contributed by atoms with Gasteiger partial charge in [0.25, 0.3) is 0 Å². The molecule has 108 heavy (non-hydrogen) atoms. The lowest BCUT2D eigenvalue weighted by Gasteiger charge is -2.19. The molecule has 502 valence electrons. The normalized spacial score (nSPS) is 11.5. The second-order valence-corrected chi connectivity index (χ2v) is 28.4. The molecule has 0 aromatic heterocycles. The standard InChI is InChI=1S/C40H26.2C34H22/c1-2-12-31-26-32(25-20-27(31)10-1)40-37-17-7-5-15-35(37)39(36-16-6-8-18-38(36)40)30-23-21-29(22-24-30)34-19-9-13-28-11-3-4-14-33(28)34;1-3-11-25-21-27(19-17-23(25)9-1)33-29-13-5-7-15-31(29)34(32-16-8-6-14-30(32)33)28-20-18-24-10-2-4-12-26(24)22-28;1-2-12-25-22-26(21-20-23(25)10-1)33-29-15-5-7-17-31(29)34(32-18-8-6-16-30(32)33)28-19-9-13-24-11-3-4-14-27(24)28/h1-26H;2*1-22H. The Morgan fingerprint density at radius 1 is 0.0926 bits per heavy atom. The highest BCUT2D eigenvalue weighted by atomic mass is 14.2. The van der Waals surface area contributed by atoms with E-state index < -0.39 is 0 Å². The van der Waals surface area contributed by atoms with Gasteiger partial charge >= 0.3 is 0 Å². The van der Waals surface area contributed by atoms with Crippen molar-refractivity contribution in [2.45, 2.75) is 0 Å². The van der Waals surface area contributed by atoms with Crippen molar-refractivity contribution >= 4 is 129 Å². The molecule has 0 heterocycles. The fourth-order valence-electron chi connectivity index (χ4n) is 17.3. The van der Waals surface area contributed by atoms with Crippen LogP contribution in [0.5, 0.6) is 0 Å². The van der Waals surface area contributed by atoms with Crippen LogP contribution in [0.1, 0.15) is 0 Å². The third-order valence-electron chi connectivity index (χ3n) is 22.3. The summed E-state index contributed by atoms with van der Waals surface area (Å²) in [6.45, 7) is 0. The van der Waals surface area contributed by atoms with Gasteiger partial charge in [-0.3, -0.25) is 0 Å². The molecule has 0 saturated carbocycles. The molecule has 0 heteroatoms. The van der Waals surface area contributed by atoms with Gasteiger partial charge in [-0.25, -0.2) is 0 Å². The Bertz CT molecular complexity index is 6970. The highest BCUT2D eigenvalue weighted by Crippen LogP contribution is 2.49. The predicted molar refractivity (Wildman–Crippen MR) is 467 cm³/mol. The molecule has 0 amide bonds. The Morgan fingerprint density at radius 2 is 0.278 bits per heavy atom. The van der Waals surface area contributed by atoms with Crippen LogP contribution < -0.4 is 0 Å². The summed E-state index contributed by atoms with van der Waals surface area (Å²) < 4.78 is 0. The fourth-order valence-corrected chi connectivity index (χ4v) is 17.3. The number of fused-ring (bicyclic) bond motifs is 12. The molecule has 0 radical (unpaired) electrons. The quantitative estimate of drug-likeness (QED) is 0.140. The zero-order chi connectivity index (χ0) is 71.4. The lowest BCUT2D eigenvalue weighted by Crippen LogP contribution is -1.91. The van der Waals surface area contributed by atoms with Crippen LogP contribution in [0.2, 0.25) is 0 Å².